The van der Waals surface area contributed by atoms with E-state index < -0.39 is 0 Å². The van der Waals surface area contributed by atoms with E-state index >= 15 is 0 Å². The smallest absolute Gasteiger partial charge is 0.129 e. The largest absolute Gasteiger partial charge is 0.353 e. The highest BCUT2D eigenvalue weighted by atomic mass is 15.2. The summed E-state index contributed by atoms with van der Waals surface area (Å²) < 4.78 is 0. The van der Waals surface area contributed by atoms with Crippen molar-refractivity contribution in [2.75, 3.05) is 11.4 Å². The summed E-state index contributed by atoms with van der Waals surface area (Å²) >= 11 is 0. The van der Waals surface area contributed by atoms with Crippen molar-refractivity contribution in [1.29, 1.82) is 0 Å². The highest BCUT2D eigenvalue weighted by molar-refractivity contribution is 5.43. The second-order valence-corrected chi connectivity index (χ2v) is 5.48. The van der Waals surface area contributed by atoms with E-state index in [9.17, 15) is 0 Å². The summed E-state index contributed by atoms with van der Waals surface area (Å²) in [5, 5.41) is 0. The molecule has 0 saturated carbocycles. The van der Waals surface area contributed by atoms with Gasteiger partial charge < -0.3 is 4.90 Å². The summed E-state index contributed by atoms with van der Waals surface area (Å²) in [6, 6.07) is 17.7. The number of benzene rings is 1. The van der Waals surface area contributed by atoms with Crippen molar-refractivity contribution in [1.82, 2.24) is 4.98 Å². The first-order valence-corrected chi connectivity index (χ1v) is 6.99. The molecule has 2 heteroatoms. The number of nitrogens with zero attached hydrogens (tertiary/aromatic N) is 2. The molecule has 0 radical (unpaired) electrons. The molecule has 2 atom stereocenters. The van der Waals surface area contributed by atoms with Crippen molar-refractivity contribution in [2.45, 2.75) is 32.2 Å². The Balaban J connectivity index is 1.82. The third-order valence-electron chi connectivity index (χ3n) is 4.01. The van der Waals surface area contributed by atoms with Gasteiger partial charge in [-0.3, -0.25) is 0 Å². The molecule has 0 bridgehead atoms. The van der Waals surface area contributed by atoms with Crippen molar-refractivity contribution in [3.63, 3.8) is 0 Å². The van der Waals surface area contributed by atoms with Crippen LogP contribution in [0.4, 0.5) is 5.82 Å². The first kappa shape index (κ1) is 12.2. The Bertz CT molecular complexity index is 550. The third kappa shape index (κ3) is 2.48. The van der Waals surface area contributed by atoms with Crippen LogP contribution in [0.15, 0.2) is 48.5 Å². The molecule has 2 aromatic rings. The summed E-state index contributed by atoms with van der Waals surface area (Å²) in [6.45, 7) is 5.42. The van der Waals surface area contributed by atoms with Crippen molar-refractivity contribution in [2.24, 2.45) is 0 Å². The van der Waals surface area contributed by atoms with Gasteiger partial charge in [-0.05, 0) is 38.0 Å². The van der Waals surface area contributed by atoms with Gasteiger partial charge in [0.1, 0.15) is 5.82 Å². The van der Waals surface area contributed by atoms with Crippen LogP contribution < -0.4 is 4.90 Å². The van der Waals surface area contributed by atoms with Crippen molar-refractivity contribution in [3.05, 3.63) is 59.8 Å². The molecule has 0 amide bonds. The maximum atomic E-state index is 4.66. The Morgan fingerprint density at radius 1 is 1.05 bits per heavy atom. The molecular weight excluding hydrogens is 232 g/mol. The van der Waals surface area contributed by atoms with Crippen LogP contribution in [0.25, 0.3) is 0 Å². The molecule has 2 heterocycles. The topological polar surface area (TPSA) is 16.1 Å². The van der Waals surface area contributed by atoms with Crippen LogP contribution in [0.2, 0.25) is 0 Å². The lowest BCUT2D eigenvalue weighted by Gasteiger charge is -2.22. The standard InChI is InChI=1S/C17H20N2/c1-13-7-6-10-17(18-13)19-12-16(11-14(19)2)15-8-4-3-5-9-15/h3-10,14,16H,11-12H2,1-2H3. The SMILES string of the molecule is Cc1cccc(N2CC(c3ccccc3)CC2C)n1. The number of aryl methyl sites for hydroxylation is 1. The van der Waals surface area contributed by atoms with Gasteiger partial charge in [0.15, 0.2) is 0 Å². The zero-order valence-corrected chi connectivity index (χ0v) is 11.6. The normalized spacial score (nSPS) is 22.7. The molecule has 1 fully saturated rings. The molecule has 19 heavy (non-hydrogen) atoms. The quantitative estimate of drug-likeness (QED) is 0.808. The Hall–Kier alpha value is -1.83. The second kappa shape index (κ2) is 5.04. The molecule has 1 aromatic heterocycles. The zero-order valence-electron chi connectivity index (χ0n) is 11.6. The summed E-state index contributed by atoms with van der Waals surface area (Å²) in [5.41, 5.74) is 2.54. The maximum absolute atomic E-state index is 4.66. The third-order valence-corrected chi connectivity index (χ3v) is 4.01. The van der Waals surface area contributed by atoms with Crippen LogP contribution in [0.5, 0.6) is 0 Å². The molecule has 3 rings (SSSR count). The summed E-state index contributed by atoms with van der Waals surface area (Å²) in [6.07, 6.45) is 1.21. The van der Waals surface area contributed by atoms with Gasteiger partial charge in [0.05, 0.1) is 0 Å². The summed E-state index contributed by atoms with van der Waals surface area (Å²) in [4.78, 5) is 7.09. The highest BCUT2D eigenvalue weighted by Gasteiger charge is 2.30. The average Bonchev–Trinajstić information content (AvgIpc) is 2.82. The molecule has 2 unspecified atom stereocenters. The number of hydrogen-bond acceptors (Lipinski definition) is 2. The lowest BCUT2D eigenvalue weighted by atomic mass is 9.97. The second-order valence-electron chi connectivity index (χ2n) is 5.48. The van der Waals surface area contributed by atoms with Gasteiger partial charge in [0, 0.05) is 24.2 Å². The van der Waals surface area contributed by atoms with E-state index in [1.54, 1.807) is 0 Å². The fourth-order valence-electron chi connectivity index (χ4n) is 3.01. The molecule has 98 valence electrons. The van der Waals surface area contributed by atoms with Crippen molar-refractivity contribution < 1.29 is 0 Å². The van der Waals surface area contributed by atoms with Crippen LogP contribution in [0, 0.1) is 6.92 Å². The van der Waals surface area contributed by atoms with Gasteiger partial charge in [-0.15, -0.1) is 0 Å². The minimum Gasteiger partial charge on any atom is -0.353 e. The van der Waals surface area contributed by atoms with E-state index in [0.29, 0.717) is 12.0 Å². The molecule has 1 aliphatic rings. The van der Waals surface area contributed by atoms with Crippen LogP contribution in [-0.4, -0.2) is 17.6 Å². The minimum atomic E-state index is 0.555. The number of rotatable bonds is 2. The van der Waals surface area contributed by atoms with Gasteiger partial charge >= 0.3 is 0 Å². The number of aromatic nitrogens is 1. The van der Waals surface area contributed by atoms with Crippen LogP contribution >= 0.6 is 0 Å². The van der Waals surface area contributed by atoms with Crippen molar-refractivity contribution in [3.8, 4) is 0 Å². The molecule has 0 spiro atoms. The maximum Gasteiger partial charge on any atom is 0.129 e. The average molecular weight is 252 g/mol. The first-order valence-electron chi connectivity index (χ1n) is 6.99. The van der Waals surface area contributed by atoms with E-state index in [-0.39, 0.29) is 0 Å². The Morgan fingerprint density at radius 3 is 2.58 bits per heavy atom. The van der Waals surface area contributed by atoms with Crippen LogP contribution in [-0.2, 0) is 0 Å². The molecule has 0 N–H and O–H groups in total. The van der Waals surface area contributed by atoms with E-state index in [4.69, 9.17) is 0 Å². The summed E-state index contributed by atoms with van der Waals surface area (Å²) in [5.74, 6) is 1.74. The van der Waals surface area contributed by atoms with Crippen LogP contribution in [0.1, 0.15) is 30.5 Å². The Labute approximate surface area is 115 Å². The number of pyridine rings is 1. The van der Waals surface area contributed by atoms with E-state index in [1.807, 2.05) is 0 Å². The number of anilines is 1. The molecule has 2 nitrogen and oxygen atoms in total. The van der Waals surface area contributed by atoms with Crippen molar-refractivity contribution >= 4 is 5.82 Å². The van der Waals surface area contributed by atoms with E-state index in [2.05, 4.69) is 72.3 Å². The fraction of sp³-hybridized carbons (Fsp3) is 0.353. The molecule has 1 aliphatic heterocycles. The predicted molar refractivity (Wildman–Crippen MR) is 79.6 cm³/mol. The number of hydrogen-bond donors (Lipinski definition) is 0. The van der Waals surface area contributed by atoms with Gasteiger partial charge in [-0.1, -0.05) is 36.4 Å². The molecule has 1 aromatic carbocycles. The van der Waals surface area contributed by atoms with Gasteiger partial charge in [-0.2, -0.15) is 0 Å². The zero-order chi connectivity index (χ0) is 13.2. The first-order chi connectivity index (χ1) is 9.24. The molecule has 0 aliphatic carbocycles. The van der Waals surface area contributed by atoms with Gasteiger partial charge in [-0.25, -0.2) is 4.98 Å². The lowest BCUT2D eigenvalue weighted by Crippen LogP contribution is -2.27. The lowest BCUT2D eigenvalue weighted by molar-refractivity contribution is 0.696. The van der Waals surface area contributed by atoms with Gasteiger partial charge in [0.25, 0.3) is 0 Å². The monoisotopic (exact) mass is 252 g/mol. The Kier molecular flexibility index (Phi) is 3.24. The Morgan fingerprint density at radius 2 is 1.84 bits per heavy atom. The highest BCUT2D eigenvalue weighted by Crippen LogP contribution is 2.34. The van der Waals surface area contributed by atoms with Gasteiger partial charge in [0.2, 0.25) is 0 Å². The van der Waals surface area contributed by atoms with Crippen LogP contribution in [0.3, 0.4) is 0 Å². The fourth-order valence-corrected chi connectivity index (χ4v) is 3.01. The van der Waals surface area contributed by atoms with E-state index in [1.165, 1.54) is 12.0 Å². The molecular formula is C17H20N2. The predicted octanol–water partition coefficient (Wildman–Crippen LogP) is 3.77. The molecule has 1 saturated heterocycles. The minimum absolute atomic E-state index is 0.555. The van der Waals surface area contributed by atoms with E-state index in [0.717, 1.165) is 18.1 Å². The summed E-state index contributed by atoms with van der Waals surface area (Å²) in [7, 11) is 0.